The van der Waals surface area contributed by atoms with Crippen molar-refractivity contribution in [2.45, 2.75) is 44.2 Å². The molecule has 2 bridgehead atoms. The molecule has 3 aliphatic carbocycles. The van der Waals surface area contributed by atoms with Crippen LogP contribution in [0.4, 0.5) is 10.1 Å². The van der Waals surface area contributed by atoms with Crippen LogP contribution in [0.2, 0.25) is 0 Å². The molecule has 3 saturated carbocycles. The molecule has 1 amide bonds. The fourth-order valence-electron chi connectivity index (χ4n) is 7.11. The number of nitrogens with zero attached hydrogens (tertiary/aromatic N) is 1. The summed E-state index contributed by atoms with van der Waals surface area (Å²) in [4.78, 5) is 29.5. The highest BCUT2D eigenvalue weighted by molar-refractivity contribution is 9.10. The number of carbonyl (C=O) groups is 2. The molecule has 4 aliphatic rings. The maximum Gasteiger partial charge on any atom is 0.307 e. The molecular formula is C22H27BrFN3O3. The van der Waals surface area contributed by atoms with Crippen molar-refractivity contribution in [1.29, 1.82) is 0 Å². The van der Waals surface area contributed by atoms with Gasteiger partial charge in [-0.25, -0.2) is 9.37 Å². The van der Waals surface area contributed by atoms with Crippen molar-refractivity contribution in [3.8, 4) is 0 Å². The molecule has 2 unspecified atom stereocenters. The van der Waals surface area contributed by atoms with E-state index in [1.54, 1.807) is 18.3 Å². The zero-order valence-electron chi connectivity index (χ0n) is 16.7. The summed E-state index contributed by atoms with van der Waals surface area (Å²) in [7, 11) is 0. The standard InChI is InChI=1S/C22H27BrFN3O3/c23-16-4-1-13(11-26-16)27-19(28)17-14-2-3-15(18(17)20(29)30)22(14)10-12(22)9-21(24)5-7-25-8-6-21/h1,4,11-12,14-15,17-18,25H,2-3,5-10H2,(H,27,28)(H,29,30)/t12?,14-,15+,17+,18+,22?/m0/s1. The Morgan fingerprint density at radius 2 is 1.93 bits per heavy atom. The average molecular weight is 480 g/mol. The van der Waals surface area contributed by atoms with E-state index < -0.39 is 23.5 Å². The average Bonchev–Trinajstić information content (AvgIpc) is 3.19. The second-order valence-corrected chi connectivity index (χ2v) is 10.5. The van der Waals surface area contributed by atoms with E-state index in [-0.39, 0.29) is 29.1 Å². The minimum atomic E-state index is -1.15. The monoisotopic (exact) mass is 479 g/mol. The lowest BCUT2D eigenvalue weighted by Crippen LogP contribution is -2.39. The van der Waals surface area contributed by atoms with Gasteiger partial charge in [-0.1, -0.05) is 0 Å². The van der Waals surface area contributed by atoms with Gasteiger partial charge >= 0.3 is 5.97 Å². The fraction of sp³-hybridized carbons (Fsp3) is 0.682. The summed E-state index contributed by atoms with van der Waals surface area (Å²) in [5.41, 5.74) is -0.748. The number of carbonyl (C=O) groups excluding carboxylic acids is 1. The maximum absolute atomic E-state index is 15.4. The third kappa shape index (κ3) is 3.18. The van der Waals surface area contributed by atoms with Crippen LogP contribution in [0.3, 0.4) is 0 Å². The number of pyridine rings is 1. The zero-order chi connectivity index (χ0) is 21.1. The van der Waals surface area contributed by atoms with Crippen LogP contribution in [0.15, 0.2) is 22.9 Å². The number of aliphatic carboxylic acids is 1. The second-order valence-electron chi connectivity index (χ2n) is 9.66. The summed E-state index contributed by atoms with van der Waals surface area (Å²) >= 11 is 3.27. The molecule has 0 aromatic carbocycles. The van der Waals surface area contributed by atoms with Gasteiger partial charge in [0.1, 0.15) is 10.3 Å². The number of anilines is 1. The smallest absolute Gasteiger partial charge is 0.307 e. The van der Waals surface area contributed by atoms with E-state index in [0.717, 1.165) is 19.3 Å². The molecule has 1 aromatic heterocycles. The van der Waals surface area contributed by atoms with Crippen molar-refractivity contribution in [1.82, 2.24) is 10.3 Å². The summed E-state index contributed by atoms with van der Waals surface area (Å²) in [6, 6.07) is 3.49. The van der Waals surface area contributed by atoms with Crippen LogP contribution in [0.25, 0.3) is 0 Å². The first kappa shape index (κ1) is 20.4. The van der Waals surface area contributed by atoms with Gasteiger partial charge in [0.25, 0.3) is 0 Å². The topological polar surface area (TPSA) is 91.3 Å². The van der Waals surface area contributed by atoms with Crippen LogP contribution in [-0.2, 0) is 9.59 Å². The Hall–Kier alpha value is -1.54. The number of carboxylic acid groups (broad SMARTS) is 1. The van der Waals surface area contributed by atoms with Crippen LogP contribution in [-0.4, -0.2) is 40.7 Å². The van der Waals surface area contributed by atoms with E-state index in [0.29, 0.717) is 42.6 Å². The van der Waals surface area contributed by atoms with Crippen LogP contribution >= 0.6 is 15.9 Å². The molecule has 1 saturated heterocycles. The van der Waals surface area contributed by atoms with E-state index in [2.05, 4.69) is 31.5 Å². The summed E-state index contributed by atoms with van der Waals surface area (Å²) in [6.45, 7) is 1.40. The normalized spacial score (nSPS) is 38.5. The Kier molecular flexibility index (Phi) is 4.93. The van der Waals surface area contributed by atoms with Crippen molar-refractivity contribution in [3.63, 3.8) is 0 Å². The number of rotatable bonds is 5. The van der Waals surface area contributed by atoms with Gasteiger partial charge in [-0.3, -0.25) is 9.59 Å². The Labute approximate surface area is 183 Å². The van der Waals surface area contributed by atoms with Gasteiger partial charge in [0, 0.05) is 0 Å². The summed E-state index contributed by atoms with van der Waals surface area (Å²) in [5, 5.41) is 16.1. The predicted octanol–water partition coefficient (Wildman–Crippen LogP) is 3.63. The number of halogens is 2. The number of hydrogen-bond donors (Lipinski definition) is 3. The lowest BCUT2D eigenvalue weighted by Gasteiger charge is -2.31. The molecule has 30 heavy (non-hydrogen) atoms. The lowest BCUT2D eigenvalue weighted by atomic mass is 9.78. The number of amides is 1. The van der Waals surface area contributed by atoms with Crippen LogP contribution in [0, 0.1) is 35.0 Å². The third-order valence-electron chi connectivity index (χ3n) is 8.32. The highest BCUT2D eigenvalue weighted by Crippen LogP contribution is 2.78. The Morgan fingerprint density at radius 1 is 1.23 bits per heavy atom. The van der Waals surface area contributed by atoms with Gasteiger partial charge in [0.2, 0.25) is 5.91 Å². The van der Waals surface area contributed by atoms with Gasteiger partial charge in [0.15, 0.2) is 0 Å². The van der Waals surface area contributed by atoms with E-state index in [1.807, 2.05) is 0 Å². The highest BCUT2D eigenvalue weighted by atomic mass is 79.9. The SMILES string of the molecule is O=C(O)[C@H]1[C@H](C(=O)Nc2ccc(Br)nc2)[C@@H]2CC[C@H]1C21CC1CC1(F)CCNCC1. The summed E-state index contributed by atoms with van der Waals surface area (Å²) in [6.07, 6.45) is 5.69. The van der Waals surface area contributed by atoms with Gasteiger partial charge < -0.3 is 15.7 Å². The van der Waals surface area contributed by atoms with Crippen molar-refractivity contribution in [3.05, 3.63) is 22.9 Å². The number of hydrogen-bond acceptors (Lipinski definition) is 4. The van der Waals surface area contributed by atoms with Crippen molar-refractivity contribution < 1.29 is 19.1 Å². The van der Waals surface area contributed by atoms with Crippen molar-refractivity contribution in [2.75, 3.05) is 18.4 Å². The van der Waals surface area contributed by atoms with E-state index in [4.69, 9.17) is 0 Å². The largest absolute Gasteiger partial charge is 0.481 e. The maximum atomic E-state index is 15.4. The van der Waals surface area contributed by atoms with Crippen LogP contribution < -0.4 is 10.6 Å². The minimum absolute atomic E-state index is 0.0193. The molecule has 4 fully saturated rings. The molecule has 2 heterocycles. The number of piperidine rings is 1. The van der Waals surface area contributed by atoms with Gasteiger partial charge in [-0.2, -0.15) is 0 Å². The van der Waals surface area contributed by atoms with Gasteiger partial charge in [-0.05, 0) is 103 Å². The van der Waals surface area contributed by atoms with Crippen LogP contribution in [0.1, 0.15) is 38.5 Å². The summed E-state index contributed by atoms with van der Waals surface area (Å²) < 4.78 is 16.0. The number of carboxylic acids is 1. The first-order valence-electron chi connectivity index (χ1n) is 10.9. The van der Waals surface area contributed by atoms with Gasteiger partial charge in [0.05, 0.1) is 23.7 Å². The molecule has 6 nitrogen and oxygen atoms in total. The molecule has 0 radical (unpaired) electrons. The first-order valence-corrected chi connectivity index (χ1v) is 11.7. The quantitative estimate of drug-likeness (QED) is 0.560. The Morgan fingerprint density at radius 3 is 2.57 bits per heavy atom. The Bertz CT molecular complexity index is 860. The predicted molar refractivity (Wildman–Crippen MR) is 112 cm³/mol. The molecular weight excluding hydrogens is 453 g/mol. The molecule has 6 atom stereocenters. The lowest BCUT2D eigenvalue weighted by molar-refractivity contribution is -0.148. The minimum Gasteiger partial charge on any atom is -0.481 e. The van der Waals surface area contributed by atoms with Gasteiger partial charge in [-0.15, -0.1) is 0 Å². The number of aromatic nitrogens is 1. The zero-order valence-corrected chi connectivity index (χ0v) is 18.3. The molecule has 1 aromatic rings. The second kappa shape index (κ2) is 7.26. The number of nitrogens with one attached hydrogen (secondary N) is 2. The van der Waals surface area contributed by atoms with Crippen molar-refractivity contribution >= 4 is 33.5 Å². The first-order chi connectivity index (χ1) is 14.3. The Balaban J connectivity index is 1.36. The molecule has 1 spiro atoms. The summed E-state index contributed by atoms with van der Waals surface area (Å²) in [5.74, 6) is -2.15. The molecule has 3 N–H and O–H groups in total. The fourth-order valence-corrected chi connectivity index (χ4v) is 7.34. The molecule has 5 rings (SSSR count). The van der Waals surface area contributed by atoms with E-state index >= 15 is 4.39 Å². The van der Waals surface area contributed by atoms with Crippen LogP contribution in [0.5, 0.6) is 0 Å². The van der Waals surface area contributed by atoms with E-state index in [1.165, 1.54) is 0 Å². The number of alkyl halides is 1. The molecule has 1 aliphatic heterocycles. The van der Waals surface area contributed by atoms with E-state index in [9.17, 15) is 14.7 Å². The highest BCUT2D eigenvalue weighted by Gasteiger charge is 2.76. The molecule has 8 heteroatoms. The third-order valence-corrected chi connectivity index (χ3v) is 8.79. The van der Waals surface area contributed by atoms with Crippen molar-refractivity contribution in [2.24, 2.45) is 35.0 Å². The molecule has 162 valence electrons.